The lowest BCUT2D eigenvalue weighted by atomic mass is 10.0. The standard InChI is InChI=1S/C12H21N3O2/c1-4-10(5-6-16)7-13-12(17)11-8-15(3)14-9(11)2/h8,10,16H,4-7H2,1-3H3,(H,13,17). The van der Waals surface area contributed by atoms with E-state index >= 15 is 0 Å². The minimum absolute atomic E-state index is 0.0908. The third-order valence-corrected chi connectivity index (χ3v) is 2.92. The van der Waals surface area contributed by atoms with E-state index in [1.807, 2.05) is 6.92 Å². The molecule has 1 aromatic rings. The summed E-state index contributed by atoms with van der Waals surface area (Å²) in [5, 5.41) is 15.9. The third-order valence-electron chi connectivity index (χ3n) is 2.92. The maximum atomic E-state index is 11.9. The van der Waals surface area contributed by atoms with Gasteiger partial charge in [-0.05, 0) is 19.3 Å². The average molecular weight is 239 g/mol. The number of aliphatic hydroxyl groups is 1. The van der Waals surface area contributed by atoms with Gasteiger partial charge in [-0.25, -0.2) is 0 Å². The third kappa shape index (κ3) is 3.85. The maximum absolute atomic E-state index is 11.9. The molecule has 96 valence electrons. The van der Waals surface area contributed by atoms with Gasteiger partial charge in [0.2, 0.25) is 0 Å². The first-order chi connectivity index (χ1) is 8.08. The molecule has 2 N–H and O–H groups in total. The van der Waals surface area contributed by atoms with Crippen LogP contribution < -0.4 is 5.32 Å². The lowest BCUT2D eigenvalue weighted by molar-refractivity contribution is 0.0943. The van der Waals surface area contributed by atoms with E-state index in [1.54, 1.807) is 17.9 Å². The number of hydrogen-bond donors (Lipinski definition) is 2. The van der Waals surface area contributed by atoms with Crippen LogP contribution in [-0.2, 0) is 7.05 Å². The van der Waals surface area contributed by atoms with Crippen molar-refractivity contribution in [3.63, 3.8) is 0 Å². The van der Waals surface area contributed by atoms with Crippen molar-refractivity contribution in [1.82, 2.24) is 15.1 Å². The van der Waals surface area contributed by atoms with E-state index < -0.39 is 0 Å². The molecule has 0 aliphatic rings. The smallest absolute Gasteiger partial charge is 0.254 e. The summed E-state index contributed by atoms with van der Waals surface area (Å²) in [5.74, 6) is 0.243. The second-order valence-corrected chi connectivity index (χ2v) is 4.30. The Morgan fingerprint density at radius 2 is 2.35 bits per heavy atom. The van der Waals surface area contributed by atoms with E-state index in [9.17, 15) is 4.79 Å². The molecule has 0 bridgehead atoms. The normalized spacial score (nSPS) is 12.5. The van der Waals surface area contributed by atoms with Gasteiger partial charge in [0.25, 0.3) is 5.91 Å². The maximum Gasteiger partial charge on any atom is 0.254 e. The highest BCUT2D eigenvalue weighted by atomic mass is 16.3. The second-order valence-electron chi connectivity index (χ2n) is 4.30. The fraction of sp³-hybridized carbons (Fsp3) is 0.667. The molecule has 1 heterocycles. The summed E-state index contributed by atoms with van der Waals surface area (Å²) in [6, 6.07) is 0. The van der Waals surface area contributed by atoms with E-state index in [1.165, 1.54) is 0 Å². The average Bonchev–Trinajstić information content (AvgIpc) is 2.63. The van der Waals surface area contributed by atoms with Crippen LogP contribution >= 0.6 is 0 Å². The van der Waals surface area contributed by atoms with Gasteiger partial charge in [0.1, 0.15) is 0 Å². The van der Waals surface area contributed by atoms with Gasteiger partial charge in [0, 0.05) is 26.4 Å². The summed E-state index contributed by atoms with van der Waals surface area (Å²) in [5.41, 5.74) is 1.35. The first kappa shape index (κ1) is 13.7. The number of carbonyl (C=O) groups excluding carboxylic acids is 1. The number of nitrogens with zero attached hydrogens (tertiary/aromatic N) is 2. The molecular weight excluding hydrogens is 218 g/mol. The number of nitrogens with one attached hydrogen (secondary N) is 1. The molecule has 0 aliphatic carbocycles. The number of amides is 1. The highest BCUT2D eigenvalue weighted by Crippen LogP contribution is 2.08. The fourth-order valence-corrected chi connectivity index (χ4v) is 1.79. The first-order valence-corrected chi connectivity index (χ1v) is 5.97. The van der Waals surface area contributed by atoms with Gasteiger partial charge in [-0.3, -0.25) is 9.48 Å². The van der Waals surface area contributed by atoms with Crippen molar-refractivity contribution in [3.05, 3.63) is 17.5 Å². The number of carbonyl (C=O) groups is 1. The van der Waals surface area contributed by atoms with Crippen LogP contribution in [0.1, 0.15) is 35.8 Å². The largest absolute Gasteiger partial charge is 0.396 e. The molecule has 0 radical (unpaired) electrons. The second kappa shape index (κ2) is 6.39. The molecule has 0 aliphatic heterocycles. The number of rotatable bonds is 6. The Morgan fingerprint density at radius 1 is 1.65 bits per heavy atom. The van der Waals surface area contributed by atoms with Gasteiger partial charge < -0.3 is 10.4 Å². The predicted molar refractivity (Wildman–Crippen MR) is 65.8 cm³/mol. The summed E-state index contributed by atoms with van der Waals surface area (Å²) < 4.78 is 1.63. The Kier molecular flexibility index (Phi) is 5.15. The van der Waals surface area contributed by atoms with Crippen LogP contribution in [0.4, 0.5) is 0 Å². The summed E-state index contributed by atoms with van der Waals surface area (Å²) in [4.78, 5) is 11.9. The minimum atomic E-state index is -0.0908. The first-order valence-electron chi connectivity index (χ1n) is 5.97. The molecular formula is C12H21N3O2. The number of aryl methyl sites for hydroxylation is 2. The van der Waals surface area contributed by atoms with E-state index in [0.29, 0.717) is 18.0 Å². The molecule has 0 aromatic carbocycles. The molecule has 0 saturated carbocycles. The van der Waals surface area contributed by atoms with E-state index in [-0.39, 0.29) is 12.5 Å². The molecule has 5 heteroatoms. The summed E-state index contributed by atoms with van der Waals surface area (Å²) >= 11 is 0. The lowest BCUT2D eigenvalue weighted by Crippen LogP contribution is -2.29. The minimum Gasteiger partial charge on any atom is -0.396 e. The number of aliphatic hydroxyl groups excluding tert-OH is 1. The predicted octanol–water partition coefficient (Wildman–Crippen LogP) is 0.867. The fourth-order valence-electron chi connectivity index (χ4n) is 1.79. The van der Waals surface area contributed by atoms with Crippen molar-refractivity contribution in [1.29, 1.82) is 0 Å². The van der Waals surface area contributed by atoms with E-state index in [2.05, 4.69) is 17.3 Å². The highest BCUT2D eigenvalue weighted by Gasteiger charge is 2.13. The lowest BCUT2D eigenvalue weighted by Gasteiger charge is -2.13. The van der Waals surface area contributed by atoms with Crippen LogP contribution in [0, 0.1) is 12.8 Å². The molecule has 1 atom stereocenters. The van der Waals surface area contributed by atoms with E-state index in [4.69, 9.17) is 5.11 Å². The van der Waals surface area contributed by atoms with Crippen LogP contribution in [0.2, 0.25) is 0 Å². The Hall–Kier alpha value is -1.36. The van der Waals surface area contributed by atoms with Crippen molar-refractivity contribution < 1.29 is 9.90 Å². The summed E-state index contributed by atoms with van der Waals surface area (Å²) in [6.45, 7) is 4.65. The van der Waals surface area contributed by atoms with Crippen molar-refractivity contribution in [2.45, 2.75) is 26.7 Å². The molecule has 0 fully saturated rings. The van der Waals surface area contributed by atoms with Crippen LogP contribution in [0.5, 0.6) is 0 Å². The van der Waals surface area contributed by atoms with Gasteiger partial charge in [-0.2, -0.15) is 5.10 Å². The van der Waals surface area contributed by atoms with E-state index in [0.717, 1.165) is 18.5 Å². The van der Waals surface area contributed by atoms with Gasteiger partial charge in [-0.1, -0.05) is 13.3 Å². The van der Waals surface area contributed by atoms with Crippen LogP contribution in [-0.4, -0.2) is 33.9 Å². The topological polar surface area (TPSA) is 67.2 Å². The number of hydrogen-bond acceptors (Lipinski definition) is 3. The zero-order valence-corrected chi connectivity index (χ0v) is 10.7. The molecule has 0 spiro atoms. The molecule has 1 rings (SSSR count). The van der Waals surface area contributed by atoms with Crippen LogP contribution in [0.25, 0.3) is 0 Å². The quantitative estimate of drug-likeness (QED) is 0.774. The highest BCUT2D eigenvalue weighted by molar-refractivity contribution is 5.94. The SMILES string of the molecule is CCC(CCO)CNC(=O)c1cn(C)nc1C. The Balaban J connectivity index is 2.52. The van der Waals surface area contributed by atoms with Gasteiger partial charge in [-0.15, -0.1) is 0 Å². The van der Waals surface area contributed by atoms with Crippen LogP contribution in [0.15, 0.2) is 6.20 Å². The Morgan fingerprint density at radius 3 is 2.82 bits per heavy atom. The molecule has 1 aromatic heterocycles. The molecule has 1 unspecified atom stereocenters. The van der Waals surface area contributed by atoms with Crippen molar-refractivity contribution in [2.75, 3.05) is 13.2 Å². The summed E-state index contributed by atoms with van der Waals surface area (Å²) in [7, 11) is 1.80. The summed E-state index contributed by atoms with van der Waals surface area (Å²) in [6.07, 6.45) is 3.40. The van der Waals surface area contributed by atoms with Crippen molar-refractivity contribution in [3.8, 4) is 0 Å². The van der Waals surface area contributed by atoms with Gasteiger partial charge >= 0.3 is 0 Å². The number of aromatic nitrogens is 2. The Labute approximate surface area is 102 Å². The zero-order valence-electron chi connectivity index (χ0n) is 10.7. The molecule has 0 saturated heterocycles. The van der Waals surface area contributed by atoms with Crippen molar-refractivity contribution >= 4 is 5.91 Å². The molecule has 5 nitrogen and oxygen atoms in total. The van der Waals surface area contributed by atoms with Crippen LogP contribution in [0.3, 0.4) is 0 Å². The zero-order chi connectivity index (χ0) is 12.8. The Bertz CT molecular complexity index is 374. The molecule has 17 heavy (non-hydrogen) atoms. The van der Waals surface area contributed by atoms with Gasteiger partial charge in [0.05, 0.1) is 11.3 Å². The van der Waals surface area contributed by atoms with Crippen molar-refractivity contribution in [2.24, 2.45) is 13.0 Å². The monoisotopic (exact) mass is 239 g/mol. The molecule has 1 amide bonds. The van der Waals surface area contributed by atoms with Gasteiger partial charge in [0.15, 0.2) is 0 Å².